The lowest BCUT2D eigenvalue weighted by Crippen LogP contribution is -2.02. The summed E-state index contributed by atoms with van der Waals surface area (Å²) in [7, 11) is 1.64. The molecule has 4 aromatic rings. The molecule has 0 atom stereocenters. The van der Waals surface area contributed by atoms with E-state index in [1.807, 2.05) is 34.9 Å². The Morgan fingerprint density at radius 3 is 2.85 bits per heavy atom. The highest BCUT2D eigenvalue weighted by Gasteiger charge is 2.23. The Bertz CT molecular complexity index is 1500. The first-order valence-corrected chi connectivity index (χ1v) is 11.2. The second kappa shape index (κ2) is 8.94. The van der Waals surface area contributed by atoms with Gasteiger partial charge in [-0.05, 0) is 47.9 Å². The van der Waals surface area contributed by atoms with Crippen LogP contribution in [0.25, 0.3) is 11.2 Å². The highest BCUT2D eigenvalue weighted by molar-refractivity contribution is 6.33. The van der Waals surface area contributed by atoms with E-state index >= 15 is 0 Å². The molecule has 5 nitrogen and oxygen atoms in total. The number of imidazole rings is 1. The van der Waals surface area contributed by atoms with E-state index in [1.54, 1.807) is 20.1 Å². The number of methoxy groups -OCH3 is 1. The van der Waals surface area contributed by atoms with E-state index < -0.39 is 0 Å². The molecule has 0 bridgehead atoms. The molecule has 34 heavy (non-hydrogen) atoms. The van der Waals surface area contributed by atoms with Gasteiger partial charge in [0.25, 0.3) is 0 Å². The molecule has 0 fully saturated rings. The summed E-state index contributed by atoms with van der Waals surface area (Å²) in [6.07, 6.45) is 2.54. The maximum atomic E-state index is 13.9. The van der Waals surface area contributed by atoms with Gasteiger partial charge in [-0.3, -0.25) is 0 Å². The van der Waals surface area contributed by atoms with Crippen LogP contribution in [-0.4, -0.2) is 16.5 Å². The largest absolute Gasteiger partial charge is 0.488 e. The number of pyridine rings is 1. The molecule has 0 radical (unpaired) electrons. The summed E-state index contributed by atoms with van der Waals surface area (Å²) >= 11 is 6.37. The second-order valence-electron chi connectivity index (χ2n) is 8.20. The zero-order chi connectivity index (χ0) is 23.8. The van der Waals surface area contributed by atoms with E-state index in [-0.39, 0.29) is 12.4 Å². The number of aromatic nitrogens is 2. The van der Waals surface area contributed by atoms with Gasteiger partial charge in [-0.2, -0.15) is 5.26 Å². The number of allylic oxidation sites excluding steroid dienone is 1. The minimum absolute atomic E-state index is 0.270. The van der Waals surface area contributed by atoms with Crippen LogP contribution in [0.1, 0.15) is 40.6 Å². The first-order chi connectivity index (χ1) is 16.5. The Morgan fingerprint density at radius 2 is 2.06 bits per heavy atom. The molecular formula is C27H21ClFN3O2. The molecule has 5 rings (SSSR count). The minimum Gasteiger partial charge on any atom is -0.488 e. The van der Waals surface area contributed by atoms with Crippen molar-refractivity contribution in [2.75, 3.05) is 7.11 Å². The molecule has 0 saturated heterocycles. The predicted molar refractivity (Wildman–Crippen MR) is 128 cm³/mol. The van der Waals surface area contributed by atoms with Crippen LogP contribution in [0.5, 0.6) is 5.75 Å². The average Bonchev–Trinajstić information content (AvgIpc) is 3.09. The third-order valence-corrected chi connectivity index (χ3v) is 6.31. The fourth-order valence-corrected chi connectivity index (χ4v) is 4.67. The first-order valence-electron chi connectivity index (χ1n) is 10.8. The highest BCUT2D eigenvalue weighted by atomic mass is 35.5. The minimum atomic E-state index is -0.378. The third-order valence-electron chi connectivity index (χ3n) is 6.01. The van der Waals surface area contributed by atoms with Crippen LogP contribution in [-0.2, 0) is 24.4 Å². The number of ether oxygens (including phenoxy) is 2. The topological polar surface area (TPSA) is 59.6 Å². The van der Waals surface area contributed by atoms with Crippen LogP contribution in [0.3, 0.4) is 0 Å². The SMILES string of the molecule is COCc1nc2c(Cl)cccn2c1Cc1ccc2c(c1)COc1cc(F)ccc1C2=C(C)C#N. The Kier molecular flexibility index (Phi) is 5.82. The molecule has 0 N–H and O–H groups in total. The van der Waals surface area contributed by atoms with Gasteiger partial charge in [0.1, 0.15) is 18.2 Å². The number of halogens is 2. The van der Waals surface area contributed by atoms with E-state index in [1.165, 1.54) is 12.1 Å². The average molecular weight is 474 g/mol. The zero-order valence-corrected chi connectivity index (χ0v) is 19.5. The van der Waals surface area contributed by atoms with Crippen molar-refractivity contribution in [3.05, 3.63) is 105 Å². The van der Waals surface area contributed by atoms with Crippen molar-refractivity contribution in [2.45, 2.75) is 26.6 Å². The highest BCUT2D eigenvalue weighted by Crippen LogP contribution is 2.39. The second-order valence-corrected chi connectivity index (χ2v) is 8.60. The number of fused-ring (bicyclic) bond motifs is 3. The molecule has 3 heterocycles. The van der Waals surface area contributed by atoms with Crippen LogP contribution >= 0.6 is 11.6 Å². The third kappa shape index (κ3) is 3.83. The maximum Gasteiger partial charge on any atom is 0.156 e. The Labute approximate surface area is 201 Å². The van der Waals surface area contributed by atoms with Crippen molar-refractivity contribution in [3.63, 3.8) is 0 Å². The van der Waals surface area contributed by atoms with Gasteiger partial charge in [0.05, 0.1) is 29.1 Å². The molecule has 170 valence electrons. The molecule has 0 aliphatic carbocycles. The lowest BCUT2D eigenvalue weighted by atomic mass is 9.89. The van der Waals surface area contributed by atoms with E-state index in [4.69, 9.17) is 21.1 Å². The molecule has 7 heteroatoms. The van der Waals surface area contributed by atoms with Crippen molar-refractivity contribution in [3.8, 4) is 11.8 Å². The van der Waals surface area contributed by atoms with Gasteiger partial charge in [0.15, 0.2) is 5.65 Å². The normalized spacial score (nSPS) is 14.1. The van der Waals surface area contributed by atoms with Gasteiger partial charge >= 0.3 is 0 Å². The maximum absolute atomic E-state index is 13.9. The van der Waals surface area contributed by atoms with E-state index in [9.17, 15) is 9.65 Å². The van der Waals surface area contributed by atoms with Gasteiger partial charge in [-0.1, -0.05) is 29.8 Å². The summed E-state index contributed by atoms with van der Waals surface area (Å²) in [5, 5.41) is 10.2. The summed E-state index contributed by atoms with van der Waals surface area (Å²) in [5.74, 6) is 0.0532. The predicted octanol–water partition coefficient (Wildman–Crippen LogP) is 6.10. The van der Waals surface area contributed by atoms with E-state index in [0.717, 1.165) is 33.7 Å². The molecule has 2 aromatic heterocycles. The van der Waals surface area contributed by atoms with Crippen molar-refractivity contribution >= 4 is 22.8 Å². The molecule has 0 amide bonds. The van der Waals surface area contributed by atoms with Crippen LogP contribution in [0.15, 0.2) is 60.3 Å². The van der Waals surface area contributed by atoms with Crippen LogP contribution in [0.2, 0.25) is 5.02 Å². The van der Waals surface area contributed by atoms with Gasteiger partial charge in [-0.25, -0.2) is 9.37 Å². The summed E-state index contributed by atoms with van der Waals surface area (Å²) in [6.45, 7) is 2.41. The first kappa shape index (κ1) is 22.1. The molecule has 2 aromatic carbocycles. The van der Waals surface area contributed by atoms with Gasteiger partial charge in [-0.15, -0.1) is 0 Å². The molecule has 0 spiro atoms. The zero-order valence-electron chi connectivity index (χ0n) is 18.7. The summed E-state index contributed by atoms with van der Waals surface area (Å²) in [6, 6.07) is 16.5. The van der Waals surface area contributed by atoms with Crippen LogP contribution < -0.4 is 4.74 Å². The Morgan fingerprint density at radius 1 is 1.24 bits per heavy atom. The smallest absolute Gasteiger partial charge is 0.156 e. The van der Waals surface area contributed by atoms with E-state index in [0.29, 0.717) is 40.6 Å². The summed E-state index contributed by atoms with van der Waals surface area (Å²) in [4.78, 5) is 4.68. The lowest BCUT2D eigenvalue weighted by molar-refractivity contribution is 0.181. The summed E-state index contributed by atoms with van der Waals surface area (Å²) < 4.78 is 27.3. The number of benzene rings is 2. The fraction of sp³-hybridized carbons (Fsp3) is 0.185. The Balaban J connectivity index is 1.61. The summed E-state index contributed by atoms with van der Waals surface area (Å²) in [5.41, 5.74) is 7.42. The monoisotopic (exact) mass is 473 g/mol. The molecule has 1 aliphatic rings. The lowest BCUT2D eigenvalue weighted by Gasteiger charge is -2.13. The van der Waals surface area contributed by atoms with Crippen LogP contribution in [0.4, 0.5) is 4.39 Å². The van der Waals surface area contributed by atoms with Gasteiger partial charge < -0.3 is 13.9 Å². The van der Waals surface area contributed by atoms with E-state index in [2.05, 4.69) is 17.1 Å². The molecule has 1 aliphatic heterocycles. The standard InChI is InChI=1S/C27H21ClFN3O2/c1-16(13-30)26-20-7-5-17(10-18(20)14-34-25-12-19(29)6-8-21(25)26)11-24-23(15-33-2)31-27-22(28)4-3-9-32(24)27/h3-10,12H,11,14-15H2,1-2H3. The van der Waals surface area contributed by atoms with Crippen molar-refractivity contribution < 1.29 is 13.9 Å². The number of hydrogen-bond donors (Lipinski definition) is 0. The molecule has 0 saturated carbocycles. The number of rotatable bonds is 4. The molecule has 0 unspecified atom stereocenters. The molecular weight excluding hydrogens is 453 g/mol. The fourth-order valence-electron chi connectivity index (χ4n) is 4.47. The quantitative estimate of drug-likeness (QED) is 0.336. The van der Waals surface area contributed by atoms with Gasteiger partial charge in [0, 0.05) is 42.5 Å². The number of nitrogens with zero attached hydrogens (tertiary/aromatic N) is 3. The Hall–Kier alpha value is -3.66. The number of nitriles is 1. The van der Waals surface area contributed by atoms with Crippen molar-refractivity contribution in [1.29, 1.82) is 5.26 Å². The number of hydrogen-bond acceptors (Lipinski definition) is 4. The van der Waals surface area contributed by atoms with Gasteiger partial charge in [0.2, 0.25) is 0 Å². The van der Waals surface area contributed by atoms with Crippen LogP contribution in [0, 0.1) is 17.1 Å². The van der Waals surface area contributed by atoms with Crippen molar-refractivity contribution in [1.82, 2.24) is 9.38 Å². The van der Waals surface area contributed by atoms with Crippen molar-refractivity contribution in [2.24, 2.45) is 0 Å².